The molecule has 12 atom stereocenters. The minimum atomic E-state index is -0.968. The van der Waals surface area contributed by atoms with Gasteiger partial charge in [0, 0.05) is 23.0 Å². The third-order valence-corrected chi connectivity index (χ3v) is 9.27. The number of ketones is 1. The molecule has 5 heterocycles. The molecule has 1 saturated carbocycles. The van der Waals surface area contributed by atoms with E-state index in [1.165, 1.54) is 0 Å². The fraction of sp³-hybridized carbons (Fsp3) is 0.556. The number of aliphatic hydroxyl groups excluding tert-OH is 2. The molecule has 3 aliphatic carbocycles. The molecule has 0 unspecified atom stereocenters. The number of hydrogen-bond acceptors (Lipinski definition) is 9. The highest BCUT2D eigenvalue weighted by molar-refractivity contribution is 6.07. The van der Waals surface area contributed by atoms with Crippen LogP contribution in [0.15, 0.2) is 58.5 Å². The van der Waals surface area contributed by atoms with E-state index < -0.39 is 48.1 Å². The van der Waals surface area contributed by atoms with Crippen LogP contribution in [0, 0.1) is 17.3 Å². The molecule has 1 aromatic rings. The Bertz CT molecular complexity index is 1260. The van der Waals surface area contributed by atoms with Crippen molar-refractivity contribution >= 4 is 11.5 Å². The summed E-state index contributed by atoms with van der Waals surface area (Å²) in [6.45, 7) is 4.20. The van der Waals surface area contributed by atoms with Crippen molar-refractivity contribution in [2.75, 3.05) is 0 Å². The van der Waals surface area contributed by atoms with Crippen LogP contribution in [-0.4, -0.2) is 76.6 Å². The number of carbonyl (C=O) groups excluding carboxylic acids is 1. The van der Waals surface area contributed by atoms with E-state index >= 15 is 0 Å². The van der Waals surface area contributed by atoms with Crippen molar-refractivity contribution < 1.29 is 38.8 Å². The maximum Gasteiger partial charge on any atom is 0.190 e. The third kappa shape index (κ3) is 2.48. The molecule has 0 aromatic heterocycles. The molecule has 9 rings (SSSR count). The van der Waals surface area contributed by atoms with Gasteiger partial charge >= 0.3 is 0 Å². The molecule has 9 heteroatoms. The van der Waals surface area contributed by atoms with Crippen molar-refractivity contribution in [3.63, 3.8) is 0 Å². The first-order valence-corrected chi connectivity index (χ1v) is 12.7. The largest absolute Gasteiger partial charge is 0.498 e. The Balaban J connectivity index is 1.31. The topological polar surface area (TPSA) is 123 Å². The van der Waals surface area contributed by atoms with Gasteiger partial charge < -0.3 is 34.0 Å². The number of carbonyl (C=O) groups is 1. The second-order valence-corrected chi connectivity index (χ2v) is 11.0. The van der Waals surface area contributed by atoms with E-state index in [-0.39, 0.29) is 36.4 Å². The van der Waals surface area contributed by atoms with Gasteiger partial charge in [0.2, 0.25) is 0 Å². The first kappa shape index (κ1) is 21.5. The summed E-state index contributed by atoms with van der Waals surface area (Å²) in [5, 5.41) is 27.3. The summed E-state index contributed by atoms with van der Waals surface area (Å²) in [4.78, 5) is 19.3. The Morgan fingerprint density at radius 3 is 2.56 bits per heavy atom. The van der Waals surface area contributed by atoms with Crippen molar-refractivity contribution in [1.82, 2.24) is 0 Å². The quantitative estimate of drug-likeness (QED) is 0.473. The number of rotatable bonds is 3. The Hall–Kier alpha value is -2.56. The average Bonchev–Trinajstić information content (AvgIpc) is 3.79. The molecular formula is C27H27NO8. The zero-order valence-corrected chi connectivity index (χ0v) is 19.8. The van der Waals surface area contributed by atoms with Crippen molar-refractivity contribution in [2.45, 2.75) is 75.4 Å². The standard InChI is InChI=1S/C27H27NO8/c1-10-14-15-16(20(31)23-22(35-23)19(15)30)26(34-10)27-13(9-32-11(2)17(14)27)18(29)21-24(36-21)25(27)28-33-8-12-6-4-3-5-7-12/h3-7,9-11,14,17-18,20-24,26,29,31H,8H2,1-2H3/t10-,11-,14-,17+,18+,20+,21-,22+,23-,24-,26+,27+/m1/s1. The zero-order chi connectivity index (χ0) is 24.5. The van der Waals surface area contributed by atoms with E-state index in [1.807, 2.05) is 44.2 Å². The zero-order valence-electron chi connectivity index (χ0n) is 19.8. The van der Waals surface area contributed by atoms with Gasteiger partial charge in [-0.3, -0.25) is 4.79 Å². The number of Topliss-reactive ketones (excluding diaryl/α,β-unsaturated/α-hetero) is 1. The van der Waals surface area contributed by atoms with Crippen molar-refractivity contribution in [3.05, 3.63) is 58.9 Å². The fourth-order valence-electron chi connectivity index (χ4n) is 7.76. The van der Waals surface area contributed by atoms with Crippen molar-refractivity contribution in [2.24, 2.45) is 22.4 Å². The molecule has 36 heavy (non-hydrogen) atoms. The summed E-state index contributed by atoms with van der Waals surface area (Å²) in [7, 11) is 0. The maximum absolute atomic E-state index is 13.4. The van der Waals surface area contributed by atoms with E-state index in [0.717, 1.165) is 5.56 Å². The highest BCUT2D eigenvalue weighted by Gasteiger charge is 2.78. The van der Waals surface area contributed by atoms with E-state index in [1.54, 1.807) is 6.26 Å². The monoisotopic (exact) mass is 493 g/mol. The number of hydrogen-bond donors (Lipinski definition) is 2. The third-order valence-electron chi connectivity index (χ3n) is 9.27. The lowest BCUT2D eigenvalue weighted by Crippen LogP contribution is -2.72. The second-order valence-electron chi connectivity index (χ2n) is 11.0. The van der Waals surface area contributed by atoms with Gasteiger partial charge in [0.25, 0.3) is 0 Å². The molecule has 9 nitrogen and oxygen atoms in total. The van der Waals surface area contributed by atoms with Crippen LogP contribution in [0.25, 0.3) is 0 Å². The van der Waals surface area contributed by atoms with E-state index in [9.17, 15) is 15.0 Å². The minimum absolute atomic E-state index is 0.0701. The van der Waals surface area contributed by atoms with Gasteiger partial charge in [-0.15, -0.1) is 0 Å². The summed E-state index contributed by atoms with van der Waals surface area (Å²) in [6, 6.07) is 9.75. The predicted octanol–water partition coefficient (Wildman–Crippen LogP) is 1.03. The number of oxime groups is 1. The molecule has 0 amide bonds. The summed E-state index contributed by atoms with van der Waals surface area (Å²) in [6.07, 6.45) is -3.61. The summed E-state index contributed by atoms with van der Waals surface area (Å²) >= 11 is 0. The van der Waals surface area contributed by atoms with Crippen molar-refractivity contribution in [1.29, 1.82) is 0 Å². The normalized spacial score (nSPS) is 50.2. The molecule has 1 spiro atoms. The van der Waals surface area contributed by atoms with Crippen LogP contribution in [0.1, 0.15) is 19.4 Å². The van der Waals surface area contributed by atoms with Crippen LogP contribution in [0.3, 0.4) is 0 Å². The maximum atomic E-state index is 13.4. The number of fused-ring (bicyclic) bond motifs is 3. The molecule has 188 valence electrons. The Kier molecular flexibility index (Phi) is 4.21. The number of epoxide rings is 2. The molecule has 2 bridgehead atoms. The molecule has 5 aliphatic heterocycles. The highest BCUT2D eigenvalue weighted by Crippen LogP contribution is 2.68. The van der Waals surface area contributed by atoms with Crippen LogP contribution in [0.4, 0.5) is 0 Å². The Morgan fingerprint density at radius 1 is 1.00 bits per heavy atom. The van der Waals surface area contributed by atoms with Gasteiger partial charge in [-0.05, 0) is 25.0 Å². The molecular weight excluding hydrogens is 466 g/mol. The second kappa shape index (κ2) is 7.05. The van der Waals surface area contributed by atoms with Crippen molar-refractivity contribution in [3.8, 4) is 0 Å². The van der Waals surface area contributed by atoms with E-state index in [0.29, 0.717) is 22.4 Å². The van der Waals surface area contributed by atoms with E-state index in [4.69, 9.17) is 23.8 Å². The Morgan fingerprint density at radius 2 is 1.75 bits per heavy atom. The van der Waals surface area contributed by atoms with Gasteiger partial charge in [0.15, 0.2) is 5.78 Å². The first-order valence-electron chi connectivity index (χ1n) is 12.7. The smallest absolute Gasteiger partial charge is 0.190 e. The molecule has 8 aliphatic rings. The van der Waals surface area contributed by atoms with Crippen LogP contribution in [0.5, 0.6) is 0 Å². The molecule has 2 N–H and O–H groups in total. The lowest BCUT2D eigenvalue weighted by atomic mass is 9.45. The molecule has 1 aromatic carbocycles. The molecule has 0 radical (unpaired) electrons. The number of nitrogens with zero attached hydrogens (tertiary/aromatic N) is 1. The Labute approximate surface area is 207 Å². The number of ether oxygens (including phenoxy) is 4. The molecule has 4 fully saturated rings. The number of aliphatic hydroxyl groups is 2. The summed E-state index contributed by atoms with van der Waals surface area (Å²) < 4.78 is 24.2. The average molecular weight is 494 g/mol. The van der Waals surface area contributed by atoms with Crippen LogP contribution in [-0.2, 0) is 35.2 Å². The number of benzene rings is 1. The van der Waals surface area contributed by atoms with Gasteiger partial charge in [0.05, 0.1) is 30.0 Å². The first-order chi connectivity index (χ1) is 17.4. The van der Waals surface area contributed by atoms with Gasteiger partial charge in [-0.25, -0.2) is 0 Å². The lowest BCUT2D eigenvalue weighted by Gasteiger charge is -2.64. The summed E-state index contributed by atoms with van der Waals surface area (Å²) in [5.41, 5.74) is 2.41. The van der Waals surface area contributed by atoms with Gasteiger partial charge in [-0.2, -0.15) is 0 Å². The predicted molar refractivity (Wildman–Crippen MR) is 122 cm³/mol. The van der Waals surface area contributed by atoms with Gasteiger partial charge in [0.1, 0.15) is 48.9 Å². The molecule has 3 saturated heterocycles. The highest BCUT2D eigenvalue weighted by atomic mass is 16.6. The van der Waals surface area contributed by atoms with Crippen LogP contribution < -0.4 is 0 Å². The van der Waals surface area contributed by atoms with E-state index in [2.05, 4.69) is 5.16 Å². The summed E-state index contributed by atoms with van der Waals surface area (Å²) in [5.74, 6) is -0.701. The van der Waals surface area contributed by atoms with Gasteiger partial charge in [-0.1, -0.05) is 35.5 Å². The van der Waals surface area contributed by atoms with Crippen LogP contribution >= 0.6 is 0 Å². The van der Waals surface area contributed by atoms with Crippen LogP contribution in [0.2, 0.25) is 0 Å². The fourth-order valence-corrected chi connectivity index (χ4v) is 7.76. The minimum Gasteiger partial charge on any atom is -0.498 e. The SMILES string of the molecule is C[C@H]1O[C@H]2C3=C(C(=O)[C@@H]4O[C@@H]4[C@H]3O)[C@@H]1[C@@H]1[C@@H](C)OC=C3[C@H](O)[C@H]4O[C@H]4C(=NOCc4ccccc4)[C@]312. The lowest BCUT2D eigenvalue weighted by molar-refractivity contribution is -0.187.